The summed E-state index contributed by atoms with van der Waals surface area (Å²) in [6.07, 6.45) is 0. The number of nitro benzene ring substituents is 1. The van der Waals surface area contributed by atoms with Crippen molar-refractivity contribution in [3.05, 3.63) is 64.3 Å². The number of nitrogens with zero attached hydrogens (tertiary/aromatic N) is 3. The van der Waals surface area contributed by atoms with Crippen molar-refractivity contribution >= 4 is 22.5 Å². The molecule has 0 bridgehead atoms. The van der Waals surface area contributed by atoms with Crippen molar-refractivity contribution in [2.45, 2.75) is 19.9 Å². The summed E-state index contributed by atoms with van der Waals surface area (Å²) >= 11 is 0. The van der Waals surface area contributed by atoms with Gasteiger partial charge < -0.3 is 9.88 Å². The van der Waals surface area contributed by atoms with Crippen LogP contribution in [0.15, 0.2) is 48.5 Å². The van der Waals surface area contributed by atoms with Gasteiger partial charge in [0.15, 0.2) is 0 Å². The molecule has 1 aromatic heterocycles. The fourth-order valence-corrected chi connectivity index (χ4v) is 3.96. The molecule has 1 aliphatic heterocycles. The monoisotopic (exact) mass is 392 g/mol. The maximum atomic E-state index is 13.4. The Hall–Kier alpha value is -3.19. The van der Waals surface area contributed by atoms with Gasteiger partial charge in [-0.25, -0.2) is 0 Å². The molecule has 7 nitrogen and oxygen atoms in total. The van der Waals surface area contributed by atoms with Gasteiger partial charge in [0.1, 0.15) is 5.69 Å². The highest BCUT2D eigenvalue weighted by Gasteiger charge is 2.28. The molecule has 4 rings (SSSR count). The summed E-state index contributed by atoms with van der Waals surface area (Å²) in [7, 11) is 0. The molecule has 1 fully saturated rings. The molecule has 0 unspecified atom stereocenters. The summed E-state index contributed by atoms with van der Waals surface area (Å²) in [5, 5.41) is 12.0. The molecule has 0 atom stereocenters. The van der Waals surface area contributed by atoms with Crippen LogP contribution in [-0.4, -0.2) is 57.8 Å². The predicted octanol–water partition coefficient (Wildman–Crippen LogP) is 3.91. The fourth-order valence-electron chi connectivity index (χ4n) is 3.96. The first kappa shape index (κ1) is 19.1. The number of aromatic amines is 1. The first-order chi connectivity index (χ1) is 14.0. The Morgan fingerprint density at radius 3 is 2.38 bits per heavy atom. The minimum absolute atomic E-state index is 0.0122. The lowest BCUT2D eigenvalue weighted by molar-refractivity contribution is -0.384. The van der Waals surface area contributed by atoms with Gasteiger partial charge in [-0.15, -0.1) is 0 Å². The van der Waals surface area contributed by atoms with E-state index < -0.39 is 4.92 Å². The Kier molecular flexibility index (Phi) is 5.07. The van der Waals surface area contributed by atoms with Crippen LogP contribution in [0.5, 0.6) is 0 Å². The van der Waals surface area contributed by atoms with Gasteiger partial charge in [0.2, 0.25) is 0 Å². The lowest BCUT2D eigenvalue weighted by Crippen LogP contribution is -2.50. The zero-order valence-corrected chi connectivity index (χ0v) is 16.6. The number of hydrogen-bond acceptors (Lipinski definition) is 4. The summed E-state index contributed by atoms with van der Waals surface area (Å²) in [6, 6.07) is 14.7. The smallest absolute Gasteiger partial charge is 0.271 e. The van der Waals surface area contributed by atoms with Gasteiger partial charge in [0.05, 0.1) is 4.92 Å². The van der Waals surface area contributed by atoms with Crippen molar-refractivity contribution in [2.75, 3.05) is 26.2 Å². The molecule has 0 spiro atoms. The van der Waals surface area contributed by atoms with Gasteiger partial charge in [0.25, 0.3) is 11.6 Å². The zero-order valence-electron chi connectivity index (χ0n) is 16.6. The number of carbonyl (C=O) groups excluding carboxylic acids is 1. The van der Waals surface area contributed by atoms with Crippen LogP contribution >= 0.6 is 0 Å². The number of nitrogens with one attached hydrogen (secondary N) is 1. The minimum atomic E-state index is -0.409. The van der Waals surface area contributed by atoms with Crippen LogP contribution in [0.4, 0.5) is 5.69 Å². The molecule has 3 aromatic rings. The Morgan fingerprint density at radius 2 is 1.76 bits per heavy atom. The maximum absolute atomic E-state index is 13.4. The summed E-state index contributed by atoms with van der Waals surface area (Å²) in [4.78, 5) is 31.7. The van der Waals surface area contributed by atoms with Crippen molar-refractivity contribution in [1.29, 1.82) is 0 Å². The van der Waals surface area contributed by atoms with Gasteiger partial charge in [-0.1, -0.05) is 30.3 Å². The average molecular weight is 392 g/mol. The topological polar surface area (TPSA) is 82.5 Å². The SMILES string of the molecule is CC(C)N1CCN(C(=O)c2[nH]c3ccc([N+](=O)[O-])cc3c2-c2ccccc2)CC1. The Balaban J connectivity index is 1.78. The Labute approximate surface area is 169 Å². The van der Waals surface area contributed by atoms with Crippen LogP contribution < -0.4 is 0 Å². The summed E-state index contributed by atoms with van der Waals surface area (Å²) in [5.74, 6) is -0.0638. The average Bonchev–Trinajstić information content (AvgIpc) is 3.12. The number of hydrogen-bond donors (Lipinski definition) is 1. The molecular formula is C22H24N4O3. The Morgan fingerprint density at radius 1 is 1.07 bits per heavy atom. The van der Waals surface area contributed by atoms with E-state index in [0.29, 0.717) is 30.2 Å². The van der Waals surface area contributed by atoms with Crippen LogP contribution in [0, 0.1) is 10.1 Å². The highest BCUT2D eigenvalue weighted by Crippen LogP contribution is 2.35. The first-order valence-corrected chi connectivity index (χ1v) is 9.84. The van der Waals surface area contributed by atoms with Gasteiger partial charge in [-0.3, -0.25) is 19.8 Å². The standard InChI is InChI=1S/C22H24N4O3/c1-15(2)24-10-12-25(13-11-24)22(27)21-20(16-6-4-3-5-7-16)18-14-17(26(28)29)8-9-19(18)23-21/h3-9,14-15,23H,10-13H2,1-2H3. The molecule has 2 heterocycles. The lowest BCUT2D eigenvalue weighted by atomic mass is 10.0. The van der Waals surface area contributed by atoms with E-state index in [-0.39, 0.29) is 11.6 Å². The summed E-state index contributed by atoms with van der Waals surface area (Å²) in [6.45, 7) is 7.35. The van der Waals surface area contributed by atoms with Crippen LogP contribution in [-0.2, 0) is 0 Å². The van der Waals surface area contributed by atoms with Gasteiger partial charge in [0, 0.05) is 60.8 Å². The molecule has 29 heavy (non-hydrogen) atoms. The second-order valence-corrected chi connectivity index (χ2v) is 7.65. The summed E-state index contributed by atoms with van der Waals surface area (Å²) < 4.78 is 0. The molecule has 1 aliphatic rings. The first-order valence-electron chi connectivity index (χ1n) is 9.84. The third-order valence-corrected chi connectivity index (χ3v) is 5.60. The molecule has 7 heteroatoms. The van der Waals surface area contributed by atoms with E-state index in [9.17, 15) is 14.9 Å². The van der Waals surface area contributed by atoms with Crippen molar-refractivity contribution in [3.8, 4) is 11.1 Å². The quantitative estimate of drug-likeness (QED) is 0.539. The van der Waals surface area contributed by atoms with E-state index in [2.05, 4.69) is 23.7 Å². The highest BCUT2D eigenvalue weighted by molar-refractivity contribution is 6.10. The largest absolute Gasteiger partial charge is 0.350 e. The number of aromatic nitrogens is 1. The molecule has 1 saturated heterocycles. The van der Waals surface area contributed by atoms with Crippen LogP contribution in [0.25, 0.3) is 22.0 Å². The van der Waals surface area contributed by atoms with Crippen LogP contribution in [0.2, 0.25) is 0 Å². The number of benzene rings is 2. The van der Waals surface area contributed by atoms with Gasteiger partial charge in [-0.05, 0) is 25.5 Å². The van der Waals surface area contributed by atoms with Crippen molar-refractivity contribution in [1.82, 2.24) is 14.8 Å². The Bertz CT molecular complexity index is 1050. The molecule has 2 aromatic carbocycles. The number of H-pyrrole nitrogens is 1. The number of rotatable bonds is 4. The molecule has 1 N–H and O–H groups in total. The molecule has 0 radical (unpaired) electrons. The third kappa shape index (κ3) is 3.61. The van der Waals surface area contributed by atoms with Gasteiger partial charge in [-0.2, -0.15) is 0 Å². The van der Waals surface area contributed by atoms with E-state index in [1.54, 1.807) is 12.1 Å². The van der Waals surface area contributed by atoms with Crippen molar-refractivity contribution in [3.63, 3.8) is 0 Å². The number of piperazine rings is 1. The number of non-ortho nitro benzene ring substituents is 1. The van der Waals surface area contributed by atoms with Crippen LogP contribution in [0.3, 0.4) is 0 Å². The second-order valence-electron chi connectivity index (χ2n) is 7.65. The van der Waals surface area contributed by atoms with E-state index >= 15 is 0 Å². The second kappa shape index (κ2) is 7.67. The van der Waals surface area contributed by atoms with Gasteiger partial charge >= 0.3 is 0 Å². The normalized spacial score (nSPS) is 15.2. The lowest BCUT2D eigenvalue weighted by Gasteiger charge is -2.36. The molecule has 150 valence electrons. The van der Waals surface area contributed by atoms with E-state index in [1.165, 1.54) is 6.07 Å². The van der Waals surface area contributed by atoms with Crippen molar-refractivity contribution in [2.24, 2.45) is 0 Å². The van der Waals surface area contributed by atoms with Crippen molar-refractivity contribution < 1.29 is 9.72 Å². The predicted molar refractivity (Wildman–Crippen MR) is 113 cm³/mol. The summed E-state index contributed by atoms with van der Waals surface area (Å²) in [5.41, 5.74) is 2.81. The number of nitro groups is 1. The zero-order chi connectivity index (χ0) is 20.5. The molecule has 0 saturated carbocycles. The van der Waals surface area contributed by atoms with Crippen LogP contribution in [0.1, 0.15) is 24.3 Å². The molecule has 0 aliphatic carbocycles. The molecular weight excluding hydrogens is 368 g/mol. The maximum Gasteiger partial charge on any atom is 0.271 e. The van der Waals surface area contributed by atoms with E-state index in [4.69, 9.17) is 0 Å². The van der Waals surface area contributed by atoms with E-state index in [0.717, 1.165) is 29.7 Å². The minimum Gasteiger partial charge on any atom is -0.350 e. The number of amides is 1. The third-order valence-electron chi connectivity index (χ3n) is 5.60. The molecule has 1 amide bonds. The fraction of sp³-hybridized carbons (Fsp3) is 0.318. The van der Waals surface area contributed by atoms with E-state index in [1.807, 2.05) is 35.2 Å². The number of fused-ring (bicyclic) bond motifs is 1. The number of carbonyl (C=O) groups is 1. The highest BCUT2D eigenvalue weighted by atomic mass is 16.6.